The number of nitrogens with one attached hydrogen (secondary N) is 1. The van der Waals surface area contributed by atoms with E-state index in [9.17, 15) is 4.79 Å². The Labute approximate surface area is 153 Å². The standard InChI is InChI=1S/C20H22N2O2.ClH/c1-13-16-10-6-7-11-18(16)24-20(13)14(2)22-19(23)12-17(21)15-8-4-3-5-9-15;/h3-11,14,17H,12,21H2,1-2H3,(H,22,23);1H. The molecule has 2 atom stereocenters. The zero-order valence-corrected chi connectivity index (χ0v) is 15.2. The van der Waals surface area contributed by atoms with Gasteiger partial charge in [0.1, 0.15) is 11.3 Å². The molecule has 3 N–H and O–H groups in total. The van der Waals surface area contributed by atoms with Crippen molar-refractivity contribution in [1.82, 2.24) is 5.32 Å². The van der Waals surface area contributed by atoms with Crippen LogP contribution in [0.5, 0.6) is 0 Å². The van der Waals surface area contributed by atoms with E-state index in [4.69, 9.17) is 10.2 Å². The van der Waals surface area contributed by atoms with Crippen LogP contribution in [0.4, 0.5) is 0 Å². The Hall–Kier alpha value is -2.30. The highest BCUT2D eigenvalue weighted by Crippen LogP contribution is 2.29. The Morgan fingerprint density at radius 3 is 2.44 bits per heavy atom. The van der Waals surface area contributed by atoms with Gasteiger partial charge in [-0.3, -0.25) is 4.79 Å². The lowest BCUT2D eigenvalue weighted by atomic mass is 10.0. The number of para-hydroxylation sites is 1. The van der Waals surface area contributed by atoms with Crippen molar-refractivity contribution in [2.75, 3.05) is 0 Å². The molecular weight excluding hydrogens is 336 g/mol. The number of halogens is 1. The van der Waals surface area contributed by atoms with Gasteiger partial charge in [-0.2, -0.15) is 0 Å². The van der Waals surface area contributed by atoms with Gasteiger partial charge in [0.05, 0.1) is 6.04 Å². The van der Waals surface area contributed by atoms with E-state index in [-0.39, 0.29) is 36.8 Å². The quantitative estimate of drug-likeness (QED) is 0.708. The molecule has 2 unspecified atom stereocenters. The summed E-state index contributed by atoms with van der Waals surface area (Å²) in [7, 11) is 0. The van der Waals surface area contributed by atoms with Crippen LogP contribution in [-0.2, 0) is 4.79 Å². The molecule has 0 fully saturated rings. The second kappa shape index (κ2) is 8.19. The average Bonchev–Trinajstić information content (AvgIpc) is 2.93. The molecule has 3 aromatic rings. The molecule has 1 amide bonds. The second-order valence-electron chi connectivity index (χ2n) is 6.10. The molecule has 0 bridgehead atoms. The van der Waals surface area contributed by atoms with Crippen molar-refractivity contribution in [1.29, 1.82) is 0 Å². The van der Waals surface area contributed by atoms with Gasteiger partial charge in [-0.1, -0.05) is 48.5 Å². The van der Waals surface area contributed by atoms with E-state index in [0.29, 0.717) is 0 Å². The molecule has 25 heavy (non-hydrogen) atoms. The third-order valence-electron chi connectivity index (χ3n) is 4.28. The first-order valence-corrected chi connectivity index (χ1v) is 8.14. The molecule has 3 rings (SSSR count). The maximum absolute atomic E-state index is 12.3. The van der Waals surface area contributed by atoms with Crippen LogP contribution in [-0.4, -0.2) is 5.91 Å². The third kappa shape index (κ3) is 4.21. The molecule has 5 heteroatoms. The van der Waals surface area contributed by atoms with Crippen LogP contribution < -0.4 is 11.1 Å². The van der Waals surface area contributed by atoms with Crippen molar-refractivity contribution >= 4 is 29.3 Å². The first kappa shape index (κ1) is 19.0. The van der Waals surface area contributed by atoms with Crippen molar-refractivity contribution < 1.29 is 9.21 Å². The predicted octanol–water partition coefficient (Wildman–Crippen LogP) is 4.43. The van der Waals surface area contributed by atoms with Gasteiger partial charge in [-0.15, -0.1) is 12.4 Å². The molecule has 0 aliphatic heterocycles. The average molecular weight is 359 g/mol. The summed E-state index contributed by atoms with van der Waals surface area (Å²) in [6.07, 6.45) is 0.244. The largest absolute Gasteiger partial charge is 0.459 e. The van der Waals surface area contributed by atoms with Crippen molar-refractivity contribution in [3.63, 3.8) is 0 Å². The lowest BCUT2D eigenvalue weighted by molar-refractivity contribution is -0.122. The van der Waals surface area contributed by atoms with Gasteiger partial charge in [-0.25, -0.2) is 0 Å². The molecule has 2 aromatic carbocycles. The Kier molecular flexibility index (Phi) is 6.23. The van der Waals surface area contributed by atoms with Crippen molar-refractivity contribution in [2.45, 2.75) is 32.4 Å². The molecule has 0 radical (unpaired) electrons. The topological polar surface area (TPSA) is 68.3 Å². The monoisotopic (exact) mass is 358 g/mol. The number of amides is 1. The minimum Gasteiger partial charge on any atom is -0.459 e. The summed E-state index contributed by atoms with van der Waals surface area (Å²) in [4.78, 5) is 12.3. The van der Waals surface area contributed by atoms with Crippen molar-refractivity contribution in [2.24, 2.45) is 5.73 Å². The van der Waals surface area contributed by atoms with E-state index in [1.807, 2.05) is 68.4 Å². The Bertz CT molecular complexity index is 845. The molecule has 0 saturated heterocycles. The van der Waals surface area contributed by atoms with Crippen molar-refractivity contribution in [3.05, 3.63) is 71.5 Å². The number of fused-ring (bicyclic) bond motifs is 1. The SMILES string of the molecule is Cc1c(C(C)NC(=O)CC(N)c2ccccc2)oc2ccccc12.Cl. The number of hydrogen-bond acceptors (Lipinski definition) is 3. The van der Waals surface area contributed by atoms with Crippen LogP contribution in [0, 0.1) is 6.92 Å². The van der Waals surface area contributed by atoms with Crippen LogP contribution in [0.3, 0.4) is 0 Å². The van der Waals surface area contributed by atoms with Crippen LogP contribution in [0.2, 0.25) is 0 Å². The summed E-state index contributed by atoms with van der Waals surface area (Å²) in [5.74, 6) is 0.705. The van der Waals surface area contributed by atoms with E-state index >= 15 is 0 Å². The van der Waals surface area contributed by atoms with Gasteiger partial charge in [0, 0.05) is 23.4 Å². The highest BCUT2D eigenvalue weighted by Gasteiger charge is 2.19. The summed E-state index contributed by atoms with van der Waals surface area (Å²) >= 11 is 0. The second-order valence-corrected chi connectivity index (χ2v) is 6.10. The maximum Gasteiger partial charge on any atom is 0.222 e. The normalized spacial score (nSPS) is 13.1. The number of aryl methyl sites for hydroxylation is 1. The highest BCUT2D eigenvalue weighted by molar-refractivity contribution is 5.85. The zero-order chi connectivity index (χ0) is 17.1. The Morgan fingerprint density at radius 1 is 1.12 bits per heavy atom. The van der Waals surface area contributed by atoms with Gasteiger partial charge in [-0.05, 0) is 25.5 Å². The van der Waals surface area contributed by atoms with Gasteiger partial charge in [0.2, 0.25) is 5.91 Å². The van der Waals surface area contributed by atoms with E-state index in [1.165, 1.54) is 0 Å². The third-order valence-corrected chi connectivity index (χ3v) is 4.28. The van der Waals surface area contributed by atoms with Crippen LogP contribution >= 0.6 is 12.4 Å². The minimum atomic E-state index is -0.310. The van der Waals surface area contributed by atoms with Gasteiger partial charge < -0.3 is 15.5 Å². The van der Waals surface area contributed by atoms with E-state index in [0.717, 1.165) is 27.9 Å². The fourth-order valence-corrected chi connectivity index (χ4v) is 2.99. The van der Waals surface area contributed by atoms with Gasteiger partial charge in [0.25, 0.3) is 0 Å². The molecule has 132 valence electrons. The molecule has 0 aliphatic carbocycles. The number of hydrogen-bond donors (Lipinski definition) is 2. The highest BCUT2D eigenvalue weighted by atomic mass is 35.5. The lowest BCUT2D eigenvalue weighted by Crippen LogP contribution is -2.29. The number of nitrogens with two attached hydrogens (primary N) is 1. The Morgan fingerprint density at radius 2 is 1.76 bits per heavy atom. The molecule has 0 saturated carbocycles. The van der Waals surface area contributed by atoms with Gasteiger partial charge >= 0.3 is 0 Å². The fourth-order valence-electron chi connectivity index (χ4n) is 2.99. The Balaban J connectivity index is 0.00000225. The van der Waals surface area contributed by atoms with Crippen LogP contribution in [0.15, 0.2) is 59.0 Å². The number of carbonyl (C=O) groups is 1. The number of benzene rings is 2. The minimum absolute atomic E-state index is 0. The summed E-state index contributed by atoms with van der Waals surface area (Å²) in [6, 6.07) is 17.0. The maximum atomic E-state index is 12.3. The van der Waals surface area contributed by atoms with E-state index in [2.05, 4.69) is 5.32 Å². The first-order valence-electron chi connectivity index (χ1n) is 8.14. The lowest BCUT2D eigenvalue weighted by Gasteiger charge is -2.16. The van der Waals surface area contributed by atoms with Gasteiger partial charge in [0.15, 0.2) is 0 Å². The molecule has 0 spiro atoms. The number of carbonyl (C=O) groups excluding carboxylic acids is 1. The molecular formula is C20H23ClN2O2. The molecule has 1 aromatic heterocycles. The summed E-state index contributed by atoms with van der Waals surface area (Å²) in [6.45, 7) is 3.94. The molecule has 4 nitrogen and oxygen atoms in total. The fraction of sp³-hybridized carbons (Fsp3) is 0.250. The summed E-state index contributed by atoms with van der Waals surface area (Å²) in [5, 5.41) is 4.06. The molecule has 1 heterocycles. The number of furan rings is 1. The predicted molar refractivity (Wildman–Crippen MR) is 103 cm³/mol. The van der Waals surface area contributed by atoms with E-state index < -0.39 is 0 Å². The van der Waals surface area contributed by atoms with Crippen LogP contribution in [0.25, 0.3) is 11.0 Å². The van der Waals surface area contributed by atoms with Crippen LogP contribution in [0.1, 0.15) is 42.3 Å². The van der Waals surface area contributed by atoms with Crippen molar-refractivity contribution in [3.8, 4) is 0 Å². The van der Waals surface area contributed by atoms with E-state index in [1.54, 1.807) is 0 Å². The summed E-state index contributed by atoms with van der Waals surface area (Å²) in [5.41, 5.74) is 8.98. The molecule has 0 aliphatic rings. The summed E-state index contributed by atoms with van der Waals surface area (Å²) < 4.78 is 5.91. The smallest absolute Gasteiger partial charge is 0.222 e. The zero-order valence-electron chi connectivity index (χ0n) is 14.4. The number of rotatable bonds is 5. The first-order chi connectivity index (χ1) is 11.6.